The minimum atomic E-state index is -3.71. The molecule has 0 spiro atoms. The van der Waals surface area contributed by atoms with Gasteiger partial charge in [0.25, 0.3) is 0 Å². The summed E-state index contributed by atoms with van der Waals surface area (Å²) < 4.78 is 45.1. The molecule has 0 bridgehead atoms. The van der Waals surface area contributed by atoms with Gasteiger partial charge >= 0.3 is 0 Å². The maximum atomic E-state index is 13.0. The SMILES string of the molecule is CCOc1ccccc1S(=O)(=O)NCC1(c2ccc(OC)cc2)CCOCC1. The van der Waals surface area contributed by atoms with Gasteiger partial charge in [-0.1, -0.05) is 24.3 Å². The molecule has 1 fully saturated rings. The third-order valence-corrected chi connectivity index (χ3v) is 6.63. The van der Waals surface area contributed by atoms with Gasteiger partial charge in [0.15, 0.2) is 0 Å². The Labute approximate surface area is 166 Å². The Kier molecular flexibility index (Phi) is 6.59. The van der Waals surface area contributed by atoms with Crippen LogP contribution in [0.5, 0.6) is 11.5 Å². The van der Waals surface area contributed by atoms with Gasteiger partial charge in [0.2, 0.25) is 10.0 Å². The summed E-state index contributed by atoms with van der Waals surface area (Å²) in [6.45, 7) is 3.73. The molecule has 0 unspecified atom stereocenters. The van der Waals surface area contributed by atoms with Gasteiger partial charge in [-0.05, 0) is 49.6 Å². The fourth-order valence-electron chi connectivity index (χ4n) is 3.53. The number of rotatable bonds is 8. The van der Waals surface area contributed by atoms with Gasteiger partial charge in [0.05, 0.1) is 13.7 Å². The number of ether oxygens (including phenoxy) is 3. The molecular weight excluding hydrogens is 378 g/mol. The number of methoxy groups -OCH3 is 1. The van der Waals surface area contributed by atoms with Crippen LogP contribution in [0.15, 0.2) is 53.4 Å². The first-order valence-corrected chi connectivity index (χ1v) is 10.9. The Morgan fingerprint density at radius 3 is 2.39 bits per heavy atom. The van der Waals surface area contributed by atoms with E-state index in [1.807, 2.05) is 31.2 Å². The number of hydrogen-bond acceptors (Lipinski definition) is 5. The van der Waals surface area contributed by atoms with Crippen molar-refractivity contribution in [1.82, 2.24) is 4.72 Å². The monoisotopic (exact) mass is 405 g/mol. The maximum Gasteiger partial charge on any atom is 0.244 e. The molecule has 1 heterocycles. The van der Waals surface area contributed by atoms with E-state index in [-0.39, 0.29) is 10.3 Å². The summed E-state index contributed by atoms with van der Waals surface area (Å²) in [4.78, 5) is 0.161. The van der Waals surface area contributed by atoms with Gasteiger partial charge in [-0.3, -0.25) is 0 Å². The van der Waals surface area contributed by atoms with Crippen LogP contribution in [0.25, 0.3) is 0 Å². The summed E-state index contributed by atoms with van der Waals surface area (Å²) in [6, 6.07) is 14.5. The zero-order valence-electron chi connectivity index (χ0n) is 16.3. The second kappa shape index (κ2) is 8.94. The normalized spacial score (nSPS) is 16.5. The molecule has 6 nitrogen and oxygen atoms in total. The highest BCUT2D eigenvalue weighted by Gasteiger charge is 2.36. The number of benzene rings is 2. The van der Waals surface area contributed by atoms with E-state index in [2.05, 4.69) is 4.72 Å². The second-order valence-corrected chi connectivity index (χ2v) is 8.56. The van der Waals surface area contributed by atoms with E-state index in [0.717, 1.165) is 24.2 Å². The molecule has 0 radical (unpaired) electrons. The van der Waals surface area contributed by atoms with Crippen LogP contribution in [0.1, 0.15) is 25.3 Å². The predicted octanol–water partition coefficient (Wildman–Crippen LogP) is 3.12. The smallest absolute Gasteiger partial charge is 0.244 e. The van der Waals surface area contributed by atoms with Crippen LogP contribution in [0.2, 0.25) is 0 Å². The van der Waals surface area contributed by atoms with E-state index >= 15 is 0 Å². The first-order valence-electron chi connectivity index (χ1n) is 9.44. The molecule has 0 aliphatic carbocycles. The zero-order chi connectivity index (χ0) is 20.0. The fourth-order valence-corrected chi connectivity index (χ4v) is 4.80. The van der Waals surface area contributed by atoms with Crippen molar-refractivity contribution in [1.29, 1.82) is 0 Å². The Morgan fingerprint density at radius 1 is 1.07 bits per heavy atom. The second-order valence-electron chi connectivity index (χ2n) is 6.83. The van der Waals surface area contributed by atoms with Crippen molar-refractivity contribution in [2.45, 2.75) is 30.1 Å². The van der Waals surface area contributed by atoms with Gasteiger partial charge in [0.1, 0.15) is 16.4 Å². The van der Waals surface area contributed by atoms with Gasteiger partial charge in [0, 0.05) is 25.2 Å². The van der Waals surface area contributed by atoms with Gasteiger partial charge in [-0.15, -0.1) is 0 Å². The number of sulfonamides is 1. The Morgan fingerprint density at radius 2 is 1.75 bits per heavy atom. The molecule has 1 saturated heterocycles. The number of para-hydroxylation sites is 1. The minimum Gasteiger partial charge on any atom is -0.497 e. The standard InChI is InChI=1S/C21H27NO5S/c1-3-27-19-6-4-5-7-20(19)28(23,24)22-16-21(12-14-26-15-13-21)17-8-10-18(25-2)11-9-17/h4-11,22H,3,12-16H2,1-2H3. The molecule has 1 N–H and O–H groups in total. The van der Waals surface area contributed by atoms with Crippen LogP contribution in [-0.2, 0) is 20.2 Å². The van der Waals surface area contributed by atoms with Crippen molar-refractivity contribution in [2.24, 2.45) is 0 Å². The molecule has 0 aromatic heterocycles. The van der Waals surface area contributed by atoms with Gasteiger partial charge < -0.3 is 14.2 Å². The molecule has 7 heteroatoms. The first kappa shape index (κ1) is 20.6. The van der Waals surface area contributed by atoms with Crippen molar-refractivity contribution in [3.63, 3.8) is 0 Å². The summed E-state index contributed by atoms with van der Waals surface area (Å²) in [5.74, 6) is 1.14. The van der Waals surface area contributed by atoms with Gasteiger partial charge in [-0.25, -0.2) is 13.1 Å². The predicted molar refractivity (Wildman–Crippen MR) is 108 cm³/mol. The van der Waals surface area contributed by atoms with Crippen molar-refractivity contribution in [2.75, 3.05) is 33.5 Å². The summed E-state index contributed by atoms with van der Waals surface area (Å²) in [7, 11) is -2.08. The molecule has 0 atom stereocenters. The molecule has 0 amide bonds. The lowest BCUT2D eigenvalue weighted by Crippen LogP contribution is -2.44. The lowest BCUT2D eigenvalue weighted by atomic mass is 9.74. The quantitative estimate of drug-likeness (QED) is 0.730. The highest BCUT2D eigenvalue weighted by molar-refractivity contribution is 7.89. The van der Waals surface area contributed by atoms with E-state index in [1.165, 1.54) is 0 Å². The third kappa shape index (κ3) is 4.48. The van der Waals surface area contributed by atoms with Crippen LogP contribution in [-0.4, -0.2) is 41.9 Å². The van der Waals surface area contributed by atoms with Crippen LogP contribution < -0.4 is 14.2 Å². The zero-order valence-corrected chi connectivity index (χ0v) is 17.1. The third-order valence-electron chi connectivity index (χ3n) is 5.19. The summed E-state index contributed by atoms with van der Waals surface area (Å²) in [5, 5.41) is 0. The van der Waals surface area contributed by atoms with Crippen LogP contribution in [0.3, 0.4) is 0 Å². The average Bonchev–Trinajstić information content (AvgIpc) is 2.74. The van der Waals surface area contributed by atoms with E-state index < -0.39 is 10.0 Å². The van der Waals surface area contributed by atoms with Crippen LogP contribution >= 0.6 is 0 Å². The van der Waals surface area contributed by atoms with Crippen molar-refractivity contribution >= 4 is 10.0 Å². The Balaban J connectivity index is 1.86. The van der Waals surface area contributed by atoms with Gasteiger partial charge in [-0.2, -0.15) is 0 Å². The lowest BCUT2D eigenvalue weighted by Gasteiger charge is -2.38. The molecule has 1 aliphatic rings. The fraction of sp³-hybridized carbons (Fsp3) is 0.429. The summed E-state index contributed by atoms with van der Waals surface area (Å²) in [5.41, 5.74) is 0.760. The van der Waals surface area contributed by atoms with E-state index in [9.17, 15) is 8.42 Å². The molecular formula is C21H27NO5S. The summed E-state index contributed by atoms with van der Waals surface area (Å²) in [6.07, 6.45) is 1.49. The maximum absolute atomic E-state index is 13.0. The molecule has 2 aromatic rings. The van der Waals surface area contributed by atoms with Crippen molar-refractivity contribution < 1.29 is 22.6 Å². The average molecular weight is 406 g/mol. The summed E-state index contributed by atoms with van der Waals surface area (Å²) >= 11 is 0. The van der Waals surface area contributed by atoms with E-state index in [1.54, 1.807) is 31.4 Å². The molecule has 3 rings (SSSR count). The lowest BCUT2D eigenvalue weighted by molar-refractivity contribution is 0.0517. The largest absolute Gasteiger partial charge is 0.497 e. The van der Waals surface area contributed by atoms with Crippen molar-refractivity contribution in [3.8, 4) is 11.5 Å². The highest BCUT2D eigenvalue weighted by atomic mass is 32.2. The topological polar surface area (TPSA) is 73.9 Å². The number of hydrogen-bond donors (Lipinski definition) is 1. The Bertz CT molecular complexity index is 874. The molecule has 152 valence electrons. The molecule has 2 aromatic carbocycles. The van der Waals surface area contributed by atoms with E-state index in [0.29, 0.717) is 32.1 Å². The molecule has 28 heavy (non-hydrogen) atoms. The molecule has 1 aliphatic heterocycles. The minimum absolute atomic E-state index is 0.161. The number of nitrogens with one attached hydrogen (secondary N) is 1. The Hall–Kier alpha value is -2.09. The first-order chi connectivity index (χ1) is 13.5. The highest BCUT2D eigenvalue weighted by Crippen LogP contribution is 2.36. The van der Waals surface area contributed by atoms with E-state index in [4.69, 9.17) is 14.2 Å². The van der Waals surface area contributed by atoms with Crippen molar-refractivity contribution in [3.05, 3.63) is 54.1 Å². The van der Waals surface area contributed by atoms with Crippen LogP contribution in [0.4, 0.5) is 0 Å². The van der Waals surface area contributed by atoms with Crippen LogP contribution in [0, 0.1) is 0 Å². The molecule has 0 saturated carbocycles.